The van der Waals surface area contributed by atoms with Crippen molar-refractivity contribution < 1.29 is 9.53 Å². The molecule has 0 spiro atoms. The van der Waals surface area contributed by atoms with Gasteiger partial charge in [0, 0.05) is 12.8 Å². The van der Waals surface area contributed by atoms with E-state index in [1.54, 1.807) is 5.57 Å². The van der Waals surface area contributed by atoms with Gasteiger partial charge in [-0.1, -0.05) is 103 Å². The van der Waals surface area contributed by atoms with Gasteiger partial charge < -0.3 is 4.74 Å². The first-order chi connectivity index (χ1) is 17.7. The lowest BCUT2D eigenvalue weighted by atomic mass is 9.62. The molecule has 0 unspecified atom stereocenters. The van der Waals surface area contributed by atoms with Gasteiger partial charge in [-0.15, -0.1) is 0 Å². The highest BCUT2D eigenvalue weighted by Crippen LogP contribution is 2.58. The van der Waals surface area contributed by atoms with Gasteiger partial charge in [-0.25, -0.2) is 0 Å². The average Bonchev–Trinajstić information content (AvgIpc) is 3.21. The number of carbonyl (C=O) groups is 1. The van der Waals surface area contributed by atoms with Crippen molar-refractivity contribution in [1.82, 2.24) is 0 Å². The number of allylic oxidation sites excluding steroid dienone is 5. The maximum atomic E-state index is 12.4. The van der Waals surface area contributed by atoms with Gasteiger partial charge in [-0.2, -0.15) is 0 Å². The fourth-order valence-corrected chi connectivity index (χ4v) is 7.72. The molecule has 0 aromatic heterocycles. The van der Waals surface area contributed by atoms with Crippen molar-refractivity contribution >= 4 is 5.97 Å². The smallest absolute Gasteiger partial charge is 0.306 e. The molecule has 3 aliphatic carbocycles. The van der Waals surface area contributed by atoms with Crippen LogP contribution < -0.4 is 0 Å². The van der Waals surface area contributed by atoms with Crippen molar-refractivity contribution in [3.8, 4) is 0 Å². The normalized spacial score (nSPS) is 29.1. The van der Waals surface area contributed by atoms with Gasteiger partial charge in [0.15, 0.2) is 0 Å². The molecule has 0 aromatic carbocycles. The molecule has 2 heteroatoms. The Morgan fingerprint density at radius 1 is 1.05 bits per heavy atom. The Kier molecular flexibility index (Phi) is 12.0. The molecule has 1 saturated carbocycles. The van der Waals surface area contributed by atoms with Crippen LogP contribution >= 0.6 is 0 Å². The van der Waals surface area contributed by atoms with Crippen LogP contribution in [0.2, 0.25) is 0 Å². The number of unbranched alkanes of at least 4 members (excludes halogenated alkanes) is 4. The predicted octanol–water partition coefficient (Wildman–Crippen LogP) is 10.5. The first-order valence-corrected chi connectivity index (χ1v) is 16.0. The van der Waals surface area contributed by atoms with Crippen LogP contribution in [0.15, 0.2) is 34.9 Å². The third-order valence-electron chi connectivity index (χ3n) is 10.1. The van der Waals surface area contributed by atoms with Gasteiger partial charge in [0.2, 0.25) is 0 Å². The third kappa shape index (κ3) is 8.59. The summed E-state index contributed by atoms with van der Waals surface area (Å²) in [5.41, 5.74) is 4.91. The summed E-state index contributed by atoms with van der Waals surface area (Å²) in [6.45, 7) is 14.4. The molecule has 0 saturated heterocycles. The molecule has 0 bridgehead atoms. The van der Waals surface area contributed by atoms with Crippen LogP contribution in [-0.2, 0) is 9.53 Å². The summed E-state index contributed by atoms with van der Waals surface area (Å²) >= 11 is 0. The molecular weight excluding hydrogens is 452 g/mol. The second-order valence-corrected chi connectivity index (χ2v) is 13.4. The van der Waals surface area contributed by atoms with Crippen molar-refractivity contribution in [2.75, 3.05) is 0 Å². The molecule has 37 heavy (non-hydrogen) atoms. The highest BCUT2D eigenvalue weighted by molar-refractivity contribution is 5.69. The first-order valence-electron chi connectivity index (χ1n) is 16.0. The van der Waals surface area contributed by atoms with Crippen molar-refractivity contribution in [2.24, 2.45) is 29.1 Å². The molecule has 0 amide bonds. The lowest BCUT2D eigenvalue weighted by molar-refractivity contribution is -0.149. The number of carbonyl (C=O) groups excluding carboxylic acids is 1. The molecule has 0 heterocycles. The van der Waals surface area contributed by atoms with Crippen LogP contribution in [0.25, 0.3) is 0 Å². The average molecular weight is 511 g/mol. The Bertz CT molecular complexity index is 815. The van der Waals surface area contributed by atoms with Gasteiger partial charge in [0.25, 0.3) is 0 Å². The quantitative estimate of drug-likeness (QED) is 0.171. The summed E-state index contributed by atoms with van der Waals surface area (Å²) < 4.78 is 5.92. The molecule has 1 fully saturated rings. The van der Waals surface area contributed by atoms with E-state index in [2.05, 4.69) is 59.8 Å². The fourth-order valence-electron chi connectivity index (χ4n) is 7.72. The predicted molar refractivity (Wildman–Crippen MR) is 158 cm³/mol. The number of rotatable bonds is 14. The monoisotopic (exact) mass is 510 g/mol. The number of ether oxygens (including phenoxy) is 1. The van der Waals surface area contributed by atoms with Crippen LogP contribution in [-0.4, -0.2) is 12.1 Å². The molecule has 3 rings (SSSR count). The molecule has 0 aromatic rings. The molecule has 0 aliphatic heterocycles. The summed E-state index contributed by atoms with van der Waals surface area (Å²) in [4.78, 5) is 12.4. The van der Waals surface area contributed by atoms with E-state index < -0.39 is 0 Å². The van der Waals surface area contributed by atoms with E-state index >= 15 is 0 Å². The van der Waals surface area contributed by atoms with E-state index in [0.717, 1.165) is 49.9 Å². The molecule has 0 N–H and O–H groups in total. The third-order valence-corrected chi connectivity index (χ3v) is 10.1. The minimum absolute atomic E-state index is 0.00893. The largest absolute Gasteiger partial charge is 0.462 e. The maximum absolute atomic E-state index is 12.4. The summed E-state index contributed by atoms with van der Waals surface area (Å²) in [6.07, 6.45) is 26.2. The Hall–Kier alpha value is -1.31. The number of hydrogen-bond acceptors (Lipinski definition) is 2. The lowest BCUT2D eigenvalue weighted by Gasteiger charge is -2.43. The van der Waals surface area contributed by atoms with Crippen LogP contribution in [0, 0.1) is 29.1 Å². The van der Waals surface area contributed by atoms with E-state index in [9.17, 15) is 4.79 Å². The second kappa shape index (κ2) is 14.7. The Labute approximate surface area is 229 Å². The van der Waals surface area contributed by atoms with Gasteiger partial charge in [0.1, 0.15) is 6.10 Å². The molecule has 2 nitrogen and oxygen atoms in total. The molecule has 5 atom stereocenters. The second-order valence-electron chi connectivity index (χ2n) is 13.4. The van der Waals surface area contributed by atoms with Crippen LogP contribution in [0.5, 0.6) is 0 Å². The van der Waals surface area contributed by atoms with Crippen LogP contribution in [0.1, 0.15) is 144 Å². The van der Waals surface area contributed by atoms with Crippen molar-refractivity contribution in [1.29, 1.82) is 0 Å². The topological polar surface area (TPSA) is 26.3 Å². The van der Waals surface area contributed by atoms with Gasteiger partial charge in [-0.05, 0) is 92.1 Å². The highest BCUT2D eigenvalue weighted by atomic mass is 16.5. The molecule has 0 radical (unpaired) electrons. The van der Waals surface area contributed by atoms with E-state index in [1.807, 2.05) is 0 Å². The van der Waals surface area contributed by atoms with Gasteiger partial charge in [0.05, 0.1) is 0 Å². The SMILES string of the molecule is CCCCCCCC(=O)O[C@H]1CCC(C)=C(/C=C\C2=CCC[C@]3(C)[C@@H]([C@@H](C)CCCC(C)C)CC[C@@H]23)C1. The Balaban J connectivity index is 1.54. The zero-order valence-electron chi connectivity index (χ0n) is 25.2. The van der Waals surface area contributed by atoms with Crippen LogP contribution in [0.3, 0.4) is 0 Å². The maximum Gasteiger partial charge on any atom is 0.306 e. The fraction of sp³-hybridized carbons (Fsp3) is 0.800. The van der Waals surface area contributed by atoms with Crippen molar-refractivity contribution in [2.45, 2.75) is 150 Å². The Morgan fingerprint density at radius 3 is 2.59 bits per heavy atom. The van der Waals surface area contributed by atoms with Gasteiger partial charge in [-0.3, -0.25) is 4.79 Å². The standard InChI is InChI=1S/C35H58O2/c1-7-8-9-10-11-17-34(36)37-31-21-18-27(4)30(25-31)20-19-29-16-13-24-35(6)32(22-23-33(29)35)28(5)15-12-14-26(2)3/h16,19-20,26,28,31-33H,7-15,17-18,21-25H2,1-6H3/b20-19-/t28-,31-,32+,33-,35+/m0/s1. The van der Waals surface area contributed by atoms with E-state index in [1.165, 1.54) is 75.4 Å². The van der Waals surface area contributed by atoms with E-state index in [0.29, 0.717) is 17.8 Å². The molecule has 3 aliphatic rings. The summed E-state index contributed by atoms with van der Waals surface area (Å²) in [6, 6.07) is 0. The van der Waals surface area contributed by atoms with Crippen molar-refractivity contribution in [3.05, 3.63) is 34.9 Å². The first kappa shape index (κ1) is 30.2. The summed E-state index contributed by atoms with van der Waals surface area (Å²) in [7, 11) is 0. The number of esters is 1. The zero-order chi connectivity index (χ0) is 26.8. The summed E-state index contributed by atoms with van der Waals surface area (Å²) in [5, 5.41) is 0. The minimum Gasteiger partial charge on any atom is -0.462 e. The Morgan fingerprint density at radius 2 is 1.84 bits per heavy atom. The van der Waals surface area contributed by atoms with Crippen LogP contribution in [0.4, 0.5) is 0 Å². The highest BCUT2D eigenvalue weighted by Gasteiger charge is 2.49. The van der Waals surface area contributed by atoms with E-state index in [4.69, 9.17) is 4.74 Å². The zero-order valence-corrected chi connectivity index (χ0v) is 25.2. The summed E-state index contributed by atoms with van der Waals surface area (Å²) in [5.74, 6) is 3.24. The molecular formula is C35H58O2. The lowest BCUT2D eigenvalue weighted by Crippen LogP contribution is -2.35. The number of fused-ring (bicyclic) bond motifs is 1. The minimum atomic E-state index is 0.00893. The van der Waals surface area contributed by atoms with Crippen molar-refractivity contribution in [3.63, 3.8) is 0 Å². The molecule has 210 valence electrons. The van der Waals surface area contributed by atoms with E-state index in [-0.39, 0.29) is 12.1 Å². The van der Waals surface area contributed by atoms with Gasteiger partial charge >= 0.3 is 5.97 Å². The number of hydrogen-bond donors (Lipinski definition) is 0.